The van der Waals surface area contributed by atoms with E-state index in [1.54, 1.807) is 11.8 Å². The molecule has 4 heterocycles. The largest absolute Gasteiger partial charge is 0.477 e. The van der Waals surface area contributed by atoms with Gasteiger partial charge in [-0.25, -0.2) is 4.79 Å². The zero-order valence-electron chi connectivity index (χ0n) is 18.1. The lowest BCUT2D eigenvalue weighted by Crippen LogP contribution is -2.63. The number of thioether (sulfide) groups is 1. The van der Waals surface area contributed by atoms with Crippen molar-refractivity contribution in [3.05, 3.63) is 10.6 Å². The number of β-lactam (4-membered cyclic amide) rings is 1. The molecule has 32 heavy (non-hydrogen) atoms. The number of rotatable bonds is 6. The molecule has 0 aromatic heterocycles. The fraction of sp³-hybridized carbons (Fsp3) is 0.700. The van der Waals surface area contributed by atoms with Gasteiger partial charge in [0.1, 0.15) is 5.70 Å². The predicted molar refractivity (Wildman–Crippen MR) is 117 cm³/mol. The summed E-state index contributed by atoms with van der Waals surface area (Å²) in [5.41, 5.74) is 5.40. The van der Waals surface area contributed by atoms with Gasteiger partial charge >= 0.3 is 5.97 Å². The molecule has 11 nitrogen and oxygen atoms in total. The molecule has 0 bridgehead atoms. The summed E-state index contributed by atoms with van der Waals surface area (Å²) in [5, 5.41) is 33.2. The minimum Gasteiger partial charge on any atom is -0.477 e. The Kier molecular flexibility index (Phi) is 6.12. The number of hydrogen-bond donors (Lipinski definition) is 6. The molecular formula is C20H30N6O5S. The van der Waals surface area contributed by atoms with Gasteiger partial charge in [0.05, 0.1) is 24.1 Å². The average molecular weight is 467 g/mol. The summed E-state index contributed by atoms with van der Waals surface area (Å²) in [6, 6.07) is -0.703. The van der Waals surface area contributed by atoms with E-state index in [-0.39, 0.29) is 52.8 Å². The van der Waals surface area contributed by atoms with Gasteiger partial charge in [0.25, 0.3) is 0 Å². The summed E-state index contributed by atoms with van der Waals surface area (Å²) in [6.07, 6.45) is 0.465. The maximum absolute atomic E-state index is 12.9. The van der Waals surface area contributed by atoms with Crippen LogP contribution >= 0.6 is 11.8 Å². The van der Waals surface area contributed by atoms with Gasteiger partial charge in [0, 0.05) is 41.7 Å². The number of nitrogens with zero attached hydrogens (tertiary/aromatic N) is 2. The molecule has 4 rings (SSSR count). The highest BCUT2D eigenvalue weighted by atomic mass is 32.2. The summed E-state index contributed by atoms with van der Waals surface area (Å²) >= 11 is 1.43. The Morgan fingerprint density at radius 2 is 2.12 bits per heavy atom. The number of fused-ring (bicyclic) bond motifs is 1. The van der Waals surface area contributed by atoms with Crippen LogP contribution in [0.1, 0.15) is 26.7 Å². The Morgan fingerprint density at radius 1 is 1.41 bits per heavy atom. The molecule has 12 heteroatoms. The van der Waals surface area contributed by atoms with Gasteiger partial charge in [-0.1, -0.05) is 6.92 Å². The van der Waals surface area contributed by atoms with Crippen LogP contribution < -0.4 is 16.4 Å². The molecule has 1 unspecified atom stereocenters. The number of aliphatic hydroxyl groups excluding tert-OH is 1. The highest BCUT2D eigenvalue weighted by Crippen LogP contribution is 2.51. The van der Waals surface area contributed by atoms with E-state index in [4.69, 9.17) is 11.1 Å². The fourth-order valence-electron chi connectivity index (χ4n) is 5.36. The van der Waals surface area contributed by atoms with E-state index in [1.165, 1.54) is 16.7 Å². The van der Waals surface area contributed by atoms with Crippen molar-refractivity contribution < 1.29 is 24.6 Å². The third-order valence-corrected chi connectivity index (χ3v) is 8.36. The number of carboxylic acids is 1. The van der Waals surface area contributed by atoms with Crippen molar-refractivity contribution in [2.75, 3.05) is 19.6 Å². The van der Waals surface area contributed by atoms with Crippen LogP contribution in [-0.4, -0.2) is 92.9 Å². The van der Waals surface area contributed by atoms with Gasteiger partial charge in [-0.15, -0.1) is 11.8 Å². The van der Waals surface area contributed by atoms with Crippen molar-refractivity contribution >= 4 is 35.5 Å². The molecule has 2 amide bonds. The second-order valence-electron chi connectivity index (χ2n) is 9.04. The molecule has 0 aromatic rings. The Labute approximate surface area is 190 Å². The van der Waals surface area contributed by atoms with Gasteiger partial charge in [0.2, 0.25) is 11.8 Å². The molecule has 4 aliphatic heterocycles. The van der Waals surface area contributed by atoms with Crippen LogP contribution in [0.25, 0.3) is 0 Å². The van der Waals surface area contributed by atoms with Gasteiger partial charge in [0.15, 0.2) is 5.96 Å². The maximum Gasteiger partial charge on any atom is 0.353 e. The van der Waals surface area contributed by atoms with Gasteiger partial charge in [-0.3, -0.25) is 15.0 Å². The Morgan fingerprint density at radius 3 is 2.75 bits per heavy atom. The van der Waals surface area contributed by atoms with Crippen LogP contribution in [0.15, 0.2) is 10.6 Å². The van der Waals surface area contributed by atoms with Crippen molar-refractivity contribution in [2.24, 2.45) is 17.6 Å². The van der Waals surface area contributed by atoms with Gasteiger partial charge < -0.3 is 36.4 Å². The van der Waals surface area contributed by atoms with Crippen LogP contribution in [-0.2, 0) is 14.4 Å². The molecule has 7 atom stereocenters. The SMILES string of the molecule is CC(O)[C@H]1C(=O)N2C(C(=O)O)=C(S[C@@H]3CN[C@H](C(=O)N4CC[C@@H](NC(=N)N)C4)C3)[C@H](C)[C@H]12. The van der Waals surface area contributed by atoms with Gasteiger partial charge in [-0.05, 0) is 19.8 Å². The number of likely N-dealkylation sites (tertiary alicyclic amines) is 1. The van der Waals surface area contributed by atoms with E-state index in [0.717, 1.165) is 6.42 Å². The smallest absolute Gasteiger partial charge is 0.353 e. The first-order valence-corrected chi connectivity index (χ1v) is 11.8. The molecule has 0 saturated carbocycles. The molecular weight excluding hydrogens is 436 g/mol. The van der Waals surface area contributed by atoms with Crippen LogP contribution in [0.3, 0.4) is 0 Å². The molecule has 0 aromatic carbocycles. The number of aliphatic carboxylic acids is 1. The van der Waals surface area contributed by atoms with E-state index in [0.29, 0.717) is 31.0 Å². The number of guanidine groups is 1. The summed E-state index contributed by atoms with van der Waals surface area (Å²) in [4.78, 5) is 41.1. The molecule has 0 spiro atoms. The lowest BCUT2D eigenvalue weighted by Gasteiger charge is -2.46. The quantitative estimate of drug-likeness (QED) is 0.158. The third kappa shape index (κ3) is 3.84. The highest BCUT2D eigenvalue weighted by Gasteiger charge is 2.60. The number of amides is 2. The number of nitrogens with two attached hydrogens (primary N) is 1. The number of nitrogens with one attached hydrogen (secondary N) is 3. The first-order chi connectivity index (χ1) is 15.1. The average Bonchev–Trinajstić information content (AvgIpc) is 3.40. The normalized spacial score (nSPS) is 35.0. The van der Waals surface area contributed by atoms with Crippen molar-refractivity contribution in [3.63, 3.8) is 0 Å². The molecule has 4 aliphatic rings. The predicted octanol–water partition coefficient (Wildman–Crippen LogP) is -1.31. The minimum atomic E-state index is -1.14. The van der Waals surface area contributed by atoms with E-state index >= 15 is 0 Å². The Bertz CT molecular complexity index is 879. The van der Waals surface area contributed by atoms with Crippen molar-refractivity contribution in [1.82, 2.24) is 20.4 Å². The second-order valence-corrected chi connectivity index (χ2v) is 10.4. The van der Waals surface area contributed by atoms with Crippen LogP contribution in [0, 0.1) is 17.2 Å². The lowest BCUT2D eigenvalue weighted by atomic mass is 9.79. The molecule has 0 aliphatic carbocycles. The Hall–Kier alpha value is -2.31. The monoisotopic (exact) mass is 466 g/mol. The van der Waals surface area contributed by atoms with E-state index in [1.807, 2.05) is 6.92 Å². The summed E-state index contributed by atoms with van der Waals surface area (Å²) in [5.74, 6) is -2.35. The van der Waals surface area contributed by atoms with Gasteiger partial charge in [-0.2, -0.15) is 0 Å². The van der Waals surface area contributed by atoms with Crippen LogP contribution in [0.4, 0.5) is 0 Å². The maximum atomic E-state index is 12.9. The lowest BCUT2D eigenvalue weighted by molar-refractivity contribution is -0.163. The second kappa shape index (κ2) is 8.56. The Balaban J connectivity index is 1.40. The van der Waals surface area contributed by atoms with Crippen molar-refractivity contribution in [1.29, 1.82) is 5.41 Å². The standard InChI is InChI=1S/C20H30N6O5S/c1-8-14-13(9(2)27)18(29)26(14)15(19(30)31)16(8)32-11-5-12(23-6-11)17(28)25-4-3-10(7-25)24-20(21)22/h8-14,23,27H,3-7H2,1-2H3,(H,30,31)(H4,21,22,24)/t8-,9?,10-,11+,12+,13-,14-/m1/s1. The van der Waals surface area contributed by atoms with Crippen molar-refractivity contribution in [3.8, 4) is 0 Å². The van der Waals surface area contributed by atoms with E-state index < -0.39 is 18.0 Å². The van der Waals surface area contributed by atoms with Crippen LogP contribution in [0.2, 0.25) is 0 Å². The molecule has 176 valence electrons. The summed E-state index contributed by atoms with van der Waals surface area (Å²) < 4.78 is 0. The zero-order valence-corrected chi connectivity index (χ0v) is 18.9. The number of carbonyl (C=O) groups excluding carboxylic acids is 2. The molecule has 3 saturated heterocycles. The van der Waals surface area contributed by atoms with E-state index in [2.05, 4.69) is 10.6 Å². The zero-order chi connectivity index (χ0) is 23.3. The first-order valence-electron chi connectivity index (χ1n) is 10.9. The number of carbonyl (C=O) groups is 3. The fourth-order valence-corrected chi connectivity index (χ4v) is 6.84. The number of hydrogen-bond acceptors (Lipinski definition) is 7. The molecule has 7 N–H and O–H groups in total. The highest BCUT2D eigenvalue weighted by molar-refractivity contribution is 8.03. The number of aliphatic hydroxyl groups is 1. The summed E-state index contributed by atoms with van der Waals surface area (Å²) in [7, 11) is 0. The number of carboxylic acid groups (broad SMARTS) is 1. The topological polar surface area (TPSA) is 172 Å². The van der Waals surface area contributed by atoms with E-state index in [9.17, 15) is 24.6 Å². The molecule has 3 fully saturated rings. The minimum absolute atomic E-state index is 0.000951. The molecule has 0 radical (unpaired) electrons. The summed E-state index contributed by atoms with van der Waals surface area (Å²) in [6.45, 7) is 5.12. The third-order valence-electron chi connectivity index (χ3n) is 6.85. The van der Waals surface area contributed by atoms with Crippen LogP contribution in [0.5, 0.6) is 0 Å². The van der Waals surface area contributed by atoms with Crippen molar-refractivity contribution in [2.45, 2.75) is 56.2 Å². The first kappa shape index (κ1) is 22.9.